The van der Waals surface area contributed by atoms with E-state index in [-0.39, 0.29) is 29.4 Å². The lowest BCUT2D eigenvalue weighted by molar-refractivity contribution is -0.119. The number of benzene rings is 1. The van der Waals surface area contributed by atoms with Crippen LogP contribution in [0.5, 0.6) is 0 Å². The van der Waals surface area contributed by atoms with Crippen molar-refractivity contribution in [3.63, 3.8) is 0 Å². The zero-order valence-electron chi connectivity index (χ0n) is 25.8. The van der Waals surface area contributed by atoms with Crippen LogP contribution in [0.3, 0.4) is 0 Å². The largest absolute Gasteiger partial charge is 0.350 e. The Morgan fingerprint density at radius 1 is 0.783 bits per heavy atom. The molecule has 0 N–H and O–H groups in total. The minimum absolute atomic E-state index is 0.0680. The molecule has 7 rings (SSSR count). The molecule has 2 unspecified atom stereocenters. The van der Waals surface area contributed by atoms with E-state index in [1.54, 1.807) is 44.1 Å². The number of aryl methyl sites for hydroxylation is 2. The SMILES string of the molecule is O=C(Cc1ccccc1F)CC1CC2CCC(C1)N2CCCn1nc2ccccn2c1=O.O=c1n(CCCBr)nc2ccccn12. The molecule has 0 amide bonds. The van der Waals surface area contributed by atoms with Crippen molar-refractivity contribution in [3.05, 3.63) is 105 Å². The zero-order chi connectivity index (χ0) is 32.0. The van der Waals surface area contributed by atoms with Crippen LogP contribution in [0.1, 0.15) is 50.5 Å². The third kappa shape index (κ3) is 7.23. The number of hydrogen-bond donors (Lipinski definition) is 0. The lowest BCUT2D eigenvalue weighted by Gasteiger charge is -2.39. The maximum absolute atomic E-state index is 13.9. The molecule has 10 nitrogen and oxygen atoms in total. The van der Waals surface area contributed by atoms with Gasteiger partial charge in [-0.3, -0.25) is 18.5 Å². The Morgan fingerprint density at radius 2 is 1.35 bits per heavy atom. The fraction of sp³-hybridized carbons (Fsp3) is 0.441. The molecule has 2 bridgehead atoms. The molecule has 0 radical (unpaired) electrons. The molecule has 5 aromatic rings. The predicted molar refractivity (Wildman–Crippen MR) is 178 cm³/mol. The third-order valence-electron chi connectivity index (χ3n) is 9.11. The van der Waals surface area contributed by atoms with E-state index in [1.807, 2.05) is 36.4 Å². The van der Waals surface area contributed by atoms with E-state index in [9.17, 15) is 18.8 Å². The highest BCUT2D eigenvalue weighted by molar-refractivity contribution is 9.09. The number of aromatic nitrogens is 6. The number of Topliss-reactive ketones (excluding diaryl/α,β-unsaturated/α-hetero) is 1. The number of carbonyl (C=O) groups is 1. The summed E-state index contributed by atoms with van der Waals surface area (Å²) >= 11 is 3.33. The molecule has 0 saturated carbocycles. The summed E-state index contributed by atoms with van der Waals surface area (Å²) < 4.78 is 20.0. The van der Waals surface area contributed by atoms with Gasteiger partial charge in [0, 0.05) is 62.3 Å². The van der Waals surface area contributed by atoms with E-state index in [0.29, 0.717) is 54.4 Å². The maximum Gasteiger partial charge on any atom is 0.350 e. The zero-order valence-corrected chi connectivity index (χ0v) is 27.3. The first-order valence-corrected chi connectivity index (χ1v) is 17.2. The third-order valence-corrected chi connectivity index (χ3v) is 9.67. The molecule has 12 heteroatoms. The van der Waals surface area contributed by atoms with Crippen LogP contribution in [0, 0.1) is 11.7 Å². The van der Waals surface area contributed by atoms with Crippen LogP contribution in [0.4, 0.5) is 4.39 Å². The second-order valence-corrected chi connectivity index (χ2v) is 13.0. The summed E-state index contributed by atoms with van der Waals surface area (Å²) in [6.07, 6.45) is 10.4. The summed E-state index contributed by atoms with van der Waals surface area (Å²) in [7, 11) is 0. The smallest absolute Gasteiger partial charge is 0.299 e. The van der Waals surface area contributed by atoms with Crippen molar-refractivity contribution in [2.24, 2.45) is 5.92 Å². The Balaban J connectivity index is 0.000000221. The van der Waals surface area contributed by atoms with E-state index < -0.39 is 0 Å². The number of alkyl halides is 1. The molecular weight excluding hydrogens is 653 g/mol. The lowest BCUT2D eigenvalue weighted by atomic mass is 9.85. The monoisotopic (exact) mass is 691 g/mol. The highest BCUT2D eigenvalue weighted by Crippen LogP contribution is 2.40. The summed E-state index contributed by atoms with van der Waals surface area (Å²) in [5.74, 6) is 0.240. The van der Waals surface area contributed by atoms with Crippen LogP contribution in [-0.2, 0) is 24.3 Å². The summed E-state index contributed by atoms with van der Waals surface area (Å²) in [6.45, 7) is 2.22. The second-order valence-electron chi connectivity index (χ2n) is 12.2. The number of carbonyl (C=O) groups excluding carboxylic acids is 1. The standard InChI is InChI=1S/C25H29FN4O2.C9H10BrN3O/c26-23-7-2-1-6-19(23)17-22(31)16-18-14-20-9-10-21(15-18)28(20)12-5-13-30-25(32)29-11-4-3-8-24(29)27-30;10-5-3-7-13-9(14)12-6-2-1-4-8(12)11-13/h1-4,6-8,11,18,20-21H,5,9-10,12-17H2;1-2,4,6H,3,5,7H2. The van der Waals surface area contributed by atoms with Gasteiger partial charge < -0.3 is 0 Å². The molecule has 46 heavy (non-hydrogen) atoms. The second kappa shape index (κ2) is 14.7. The van der Waals surface area contributed by atoms with Crippen molar-refractivity contribution in [2.45, 2.75) is 76.5 Å². The molecule has 0 aliphatic carbocycles. The highest BCUT2D eigenvalue weighted by atomic mass is 79.9. The average Bonchev–Trinajstić information content (AvgIpc) is 3.64. The van der Waals surface area contributed by atoms with Gasteiger partial charge in [0.25, 0.3) is 0 Å². The van der Waals surface area contributed by atoms with Crippen molar-refractivity contribution in [1.82, 2.24) is 33.3 Å². The Labute approximate surface area is 274 Å². The van der Waals surface area contributed by atoms with Gasteiger partial charge in [-0.25, -0.2) is 23.3 Å². The van der Waals surface area contributed by atoms with Gasteiger partial charge in [0.05, 0.1) is 0 Å². The van der Waals surface area contributed by atoms with Crippen LogP contribution in [0.25, 0.3) is 11.3 Å². The van der Waals surface area contributed by atoms with Crippen LogP contribution in [0.15, 0.2) is 82.6 Å². The first-order valence-electron chi connectivity index (χ1n) is 16.1. The van der Waals surface area contributed by atoms with Gasteiger partial charge in [0.1, 0.15) is 11.6 Å². The Kier molecular flexibility index (Phi) is 10.2. The van der Waals surface area contributed by atoms with E-state index in [4.69, 9.17) is 0 Å². The number of nitrogens with zero attached hydrogens (tertiary/aromatic N) is 7. The van der Waals surface area contributed by atoms with Crippen molar-refractivity contribution >= 4 is 33.0 Å². The highest BCUT2D eigenvalue weighted by Gasteiger charge is 2.40. The minimum atomic E-state index is -0.291. The fourth-order valence-electron chi connectivity index (χ4n) is 7.01. The van der Waals surface area contributed by atoms with Crippen molar-refractivity contribution in [1.29, 1.82) is 0 Å². The van der Waals surface area contributed by atoms with E-state index in [2.05, 4.69) is 31.0 Å². The van der Waals surface area contributed by atoms with Gasteiger partial charge in [-0.15, -0.1) is 10.2 Å². The molecule has 2 atom stereocenters. The molecule has 2 aliphatic heterocycles. The number of rotatable bonds is 11. The van der Waals surface area contributed by atoms with Crippen LogP contribution in [0.2, 0.25) is 0 Å². The summed E-state index contributed by atoms with van der Waals surface area (Å²) in [4.78, 5) is 39.3. The molecule has 2 aliphatic rings. The molecule has 4 aromatic heterocycles. The summed E-state index contributed by atoms with van der Waals surface area (Å²) in [5, 5.41) is 9.50. The number of piperidine rings is 1. The number of pyridine rings is 2. The Morgan fingerprint density at radius 3 is 1.91 bits per heavy atom. The number of hydrogen-bond acceptors (Lipinski definition) is 6. The van der Waals surface area contributed by atoms with Crippen LogP contribution < -0.4 is 11.4 Å². The van der Waals surface area contributed by atoms with Crippen molar-refractivity contribution in [3.8, 4) is 0 Å². The van der Waals surface area contributed by atoms with Gasteiger partial charge in [-0.1, -0.05) is 46.3 Å². The maximum atomic E-state index is 13.9. The van der Waals surface area contributed by atoms with Crippen LogP contribution >= 0.6 is 15.9 Å². The van der Waals surface area contributed by atoms with Gasteiger partial charge in [-0.2, -0.15) is 0 Å². The topological polar surface area (TPSA) is 98.9 Å². The number of fused-ring (bicyclic) bond motifs is 4. The molecule has 1 aromatic carbocycles. The van der Waals surface area contributed by atoms with Gasteiger partial charge in [-0.05, 0) is 80.3 Å². The average molecular weight is 693 g/mol. The first kappa shape index (κ1) is 32.1. The van der Waals surface area contributed by atoms with Crippen LogP contribution in [-0.4, -0.2) is 63.0 Å². The van der Waals surface area contributed by atoms with Crippen molar-refractivity contribution < 1.29 is 9.18 Å². The van der Waals surface area contributed by atoms with E-state index in [1.165, 1.54) is 23.6 Å². The molecule has 2 saturated heterocycles. The molecule has 0 spiro atoms. The molecule has 242 valence electrons. The minimum Gasteiger partial charge on any atom is -0.299 e. The number of halogens is 2. The summed E-state index contributed by atoms with van der Waals surface area (Å²) in [6, 6.07) is 18.7. The molecule has 2 fully saturated rings. The molecule has 6 heterocycles. The normalized spacial score (nSPS) is 19.4. The quantitative estimate of drug-likeness (QED) is 0.186. The first-order chi connectivity index (χ1) is 22.4. The van der Waals surface area contributed by atoms with E-state index in [0.717, 1.165) is 37.6 Å². The Bertz CT molecular complexity index is 1900. The fourth-order valence-corrected chi connectivity index (χ4v) is 7.26. The van der Waals surface area contributed by atoms with Gasteiger partial charge in [0.15, 0.2) is 11.3 Å². The van der Waals surface area contributed by atoms with Gasteiger partial charge in [0.2, 0.25) is 0 Å². The van der Waals surface area contributed by atoms with Gasteiger partial charge >= 0.3 is 11.4 Å². The van der Waals surface area contributed by atoms with Crippen molar-refractivity contribution in [2.75, 3.05) is 11.9 Å². The Hall–Kier alpha value is -3.90. The lowest BCUT2D eigenvalue weighted by Crippen LogP contribution is -2.44. The predicted octanol–water partition coefficient (Wildman–Crippen LogP) is 4.75. The summed E-state index contributed by atoms with van der Waals surface area (Å²) in [5.41, 5.74) is 1.72. The number of ketones is 1. The molecular formula is C34H39BrFN7O3. The van der Waals surface area contributed by atoms with E-state index >= 15 is 0 Å².